The Kier molecular flexibility index (Phi) is 5.31. The van der Waals surface area contributed by atoms with Crippen LogP contribution in [0.2, 0.25) is 0 Å². The Balaban J connectivity index is 1.40. The normalized spacial score (nSPS) is 20.8. The number of ether oxygens (including phenoxy) is 1. The van der Waals surface area contributed by atoms with Crippen LogP contribution in [-0.4, -0.2) is 37.4 Å². The molecule has 1 unspecified atom stereocenters. The highest BCUT2D eigenvalue weighted by molar-refractivity contribution is 6.25. The molecule has 6 nitrogen and oxygen atoms in total. The van der Waals surface area contributed by atoms with Crippen molar-refractivity contribution in [1.29, 1.82) is 0 Å². The molecule has 2 N–H and O–H groups in total. The van der Waals surface area contributed by atoms with Crippen LogP contribution in [0.15, 0.2) is 59.1 Å². The summed E-state index contributed by atoms with van der Waals surface area (Å²) in [4.78, 5) is 30.2. The van der Waals surface area contributed by atoms with E-state index in [1.807, 2.05) is 43.3 Å². The molecule has 2 aromatic carbocycles. The number of methoxy groups -OCH3 is 1. The van der Waals surface area contributed by atoms with Crippen molar-refractivity contribution in [3.63, 3.8) is 0 Å². The highest BCUT2D eigenvalue weighted by Crippen LogP contribution is 2.64. The fourth-order valence-corrected chi connectivity index (χ4v) is 5.58. The highest BCUT2D eigenvalue weighted by atomic mass is 16.5. The Morgan fingerprint density at radius 2 is 1.82 bits per heavy atom. The van der Waals surface area contributed by atoms with E-state index in [0.717, 1.165) is 42.6 Å². The van der Waals surface area contributed by atoms with Gasteiger partial charge in [-0.1, -0.05) is 36.4 Å². The number of nitrogens with one attached hydrogen (secondary N) is 2. The average Bonchev–Trinajstić information content (AvgIpc) is 3.39. The molecule has 0 saturated heterocycles. The lowest BCUT2D eigenvalue weighted by Gasteiger charge is -2.29. The molecule has 3 aliphatic rings. The first kappa shape index (κ1) is 21.4. The maximum absolute atomic E-state index is 13.5. The van der Waals surface area contributed by atoms with Gasteiger partial charge in [-0.3, -0.25) is 9.79 Å². The first-order chi connectivity index (χ1) is 15.9. The van der Waals surface area contributed by atoms with Crippen molar-refractivity contribution in [3.05, 3.63) is 70.8 Å². The molecule has 0 aromatic heterocycles. The van der Waals surface area contributed by atoms with Gasteiger partial charge < -0.3 is 15.4 Å². The molecule has 0 radical (unpaired) electrons. The van der Waals surface area contributed by atoms with Gasteiger partial charge >= 0.3 is 6.09 Å². The first-order valence-electron chi connectivity index (χ1n) is 11.5. The van der Waals surface area contributed by atoms with Crippen LogP contribution in [0.4, 0.5) is 10.5 Å². The number of nitrogens with zero attached hydrogens (tertiary/aromatic N) is 1. The van der Waals surface area contributed by atoms with Crippen molar-refractivity contribution in [2.45, 2.75) is 45.1 Å². The molecule has 1 aliphatic heterocycles. The molecule has 2 aliphatic carbocycles. The molecule has 6 heteroatoms. The third-order valence-corrected chi connectivity index (χ3v) is 7.34. The van der Waals surface area contributed by atoms with E-state index in [1.165, 1.54) is 23.8 Å². The number of aliphatic imine (C=N–C) groups is 1. The largest absolute Gasteiger partial charge is 0.453 e. The van der Waals surface area contributed by atoms with E-state index >= 15 is 0 Å². The molecule has 1 fully saturated rings. The number of amides is 2. The maximum atomic E-state index is 13.5. The lowest BCUT2D eigenvalue weighted by molar-refractivity contribution is -0.119. The zero-order valence-corrected chi connectivity index (χ0v) is 19.3. The van der Waals surface area contributed by atoms with Crippen molar-refractivity contribution < 1.29 is 14.3 Å². The summed E-state index contributed by atoms with van der Waals surface area (Å²) >= 11 is 0. The van der Waals surface area contributed by atoms with Gasteiger partial charge in [-0.15, -0.1) is 0 Å². The Hall–Kier alpha value is -3.41. The summed E-state index contributed by atoms with van der Waals surface area (Å²) in [6, 6.07) is 15.4. The Labute approximate surface area is 194 Å². The van der Waals surface area contributed by atoms with Gasteiger partial charge in [-0.25, -0.2) is 4.79 Å². The van der Waals surface area contributed by atoms with Crippen molar-refractivity contribution in [2.24, 2.45) is 10.4 Å². The lowest BCUT2D eigenvalue weighted by Crippen LogP contribution is -2.49. The van der Waals surface area contributed by atoms with Gasteiger partial charge in [-0.2, -0.15) is 0 Å². The number of fused-ring (bicyclic) bond motifs is 1. The van der Waals surface area contributed by atoms with Gasteiger partial charge in [-0.05, 0) is 72.9 Å². The van der Waals surface area contributed by atoms with E-state index in [0.29, 0.717) is 5.69 Å². The third-order valence-electron chi connectivity index (χ3n) is 7.34. The summed E-state index contributed by atoms with van der Waals surface area (Å²) in [5, 5.41) is 5.87. The maximum Gasteiger partial charge on any atom is 0.407 e. The quantitative estimate of drug-likeness (QED) is 0.702. The molecule has 1 heterocycles. The standard InChI is InChI=1S/C27H29N3O3/c1-16-15-28-17(2)22(16)18-8-10-20(11-9-18)29-25(31)24(30-26(32)33-3)23-21-7-5-4-6-19(21)14-27(23)12-13-27/h4-11,23-24H,12-15H2,1-3H3,(H,29,31)(H,30,32)/t23?,24-/m0/s1. The van der Waals surface area contributed by atoms with Crippen molar-refractivity contribution >= 4 is 29.0 Å². The van der Waals surface area contributed by atoms with Crippen LogP contribution in [0.25, 0.3) is 5.57 Å². The van der Waals surface area contributed by atoms with Crippen LogP contribution >= 0.6 is 0 Å². The van der Waals surface area contributed by atoms with Crippen molar-refractivity contribution in [2.75, 3.05) is 19.0 Å². The Morgan fingerprint density at radius 1 is 1.09 bits per heavy atom. The number of carbonyl (C=O) groups excluding carboxylic acids is 2. The summed E-state index contributed by atoms with van der Waals surface area (Å²) in [5.74, 6) is -0.299. The molecule has 1 spiro atoms. The van der Waals surface area contributed by atoms with E-state index < -0.39 is 12.1 Å². The summed E-state index contributed by atoms with van der Waals surface area (Å²) in [6.07, 6.45) is 2.47. The predicted octanol–water partition coefficient (Wildman–Crippen LogP) is 4.72. The van der Waals surface area contributed by atoms with Crippen molar-refractivity contribution in [1.82, 2.24) is 5.32 Å². The zero-order chi connectivity index (χ0) is 23.2. The number of anilines is 1. The molecule has 5 rings (SSSR count). The summed E-state index contributed by atoms with van der Waals surface area (Å²) in [7, 11) is 1.32. The second kappa shape index (κ2) is 8.18. The molecule has 2 amide bonds. The number of rotatable bonds is 5. The minimum atomic E-state index is -0.711. The van der Waals surface area contributed by atoms with Crippen LogP contribution in [0.1, 0.15) is 49.3 Å². The van der Waals surface area contributed by atoms with Gasteiger partial charge in [0.2, 0.25) is 5.91 Å². The number of benzene rings is 2. The van der Waals surface area contributed by atoms with E-state index in [-0.39, 0.29) is 17.2 Å². The number of carbonyl (C=O) groups is 2. The number of allylic oxidation sites excluding steroid dienone is 1. The molecule has 2 atom stereocenters. The second-order valence-electron chi connectivity index (χ2n) is 9.45. The van der Waals surface area contributed by atoms with E-state index in [4.69, 9.17) is 4.74 Å². The van der Waals surface area contributed by atoms with Crippen LogP contribution in [-0.2, 0) is 16.0 Å². The smallest absolute Gasteiger partial charge is 0.407 e. The third kappa shape index (κ3) is 3.84. The number of hydrogen-bond donors (Lipinski definition) is 2. The Bertz CT molecular complexity index is 1180. The lowest BCUT2D eigenvalue weighted by atomic mass is 9.82. The molecular weight excluding hydrogens is 414 g/mol. The van der Waals surface area contributed by atoms with Gasteiger partial charge in [0.15, 0.2) is 0 Å². The predicted molar refractivity (Wildman–Crippen MR) is 130 cm³/mol. The van der Waals surface area contributed by atoms with Gasteiger partial charge in [0.1, 0.15) is 6.04 Å². The van der Waals surface area contributed by atoms with Gasteiger partial charge in [0.25, 0.3) is 0 Å². The van der Waals surface area contributed by atoms with E-state index in [1.54, 1.807) is 0 Å². The summed E-state index contributed by atoms with van der Waals surface area (Å²) in [5.41, 5.74) is 7.72. The fourth-order valence-electron chi connectivity index (χ4n) is 5.58. The molecule has 33 heavy (non-hydrogen) atoms. The minimum absolute atomic E-state index is 0.0416. The van der Waals surface area contributed by atoms with E-state index in [9.17, 15) is 9.59 Å². The van der Waals surface area contributed by atoms with E-state index in [2.05, 4.69) is 34.7 Å². The van der Waals surface area contributed by atoms with Crippen molar-refractivity contribution in [3.8, 4) is 0 Å². The molecule has 2 aromatic rings. The van der Waals surface area contributed by atoms with Crippen LogP contribution in [0.5, 0.6) is 0 Å². The number of hydrogen-bond acceptors (Lipinski definition) is 4. The topological polar surface area (TPSA) is 79.8 Å². The van der Waals surface area contributed by atoms with Crippen LogP contribution in [0, 0.1) is 5.41 Å². The second-order valence-corrected chi connectivity index (χ2v) is 9.45. The number of alkyl carbamates (subject to hydrolysis) is 1. The highest BCUT2D eigenvalue weighted by Gasteiger charge is 2.58. The first-order valence-corrected chi connectivity index (χ1v) is 11.5. The molecule has 1 saturated carbocycles. The monoisotopic (exact) mass is 443 g/mol. The van der Waals surface area contributed by atoms with Gasteiger partial charge in [0, 0.05) is 22.9 Å². The summed E-state index contributed by atoms with van der Waals surface area (Å²) in [6.45, 7) is 4.87. The summed E-state index contributed by atoms with van der Waals surface area (Å²) < 4.78 is 4.86. The fraction of sp³-hybridized carbons (Fsp3) is 0.370. The van der Waals surface area contributed by atoms with Gasteiger partial charge in [0.05, 0.1) is 13.7 Å². The Morgan fingerprint density at radius 3 is 2.45 bits per heavy atom. The van der Waals surface area contributed by atoms with Crippen LogP contribution in [0.3, 0.4) is 0 Å². The average molecular weight is 444 g/mol. The molecular formula is C27H29N3O3. The zero-order valence-electron chi connectivity index (χ0n) is 19.3. The van der Waals surface area contributed by atoms with Crippen LogP contribution < -0.4 is 10.6 Å². The minimum Gasteiger partial charge on any atom is -0.453 e. The molecule has 170 valence electrons. The molecule has 0 bridgehead atoms. The SMILES string of the molecule is COC(=O)N[C@H](C(=O)Nc1ccc(C2=C(C)CN=C2C)cc1)C1c2ccccc2CC12CC2.